The Morgan fingerprint density at radius 2 is 2.10 bits per heavy atom. The average molecular weight is 442 g/mol. The molecule has 3 aromatic heterocycles. The molecule has 31 heavy (non-hydrogen) atoms. The highest BCUT2D eigenvalue weighted by molar-refractivity contribution is 7.17. The molecule has 162 valence electrons. The number of aromatic nitrogens is 3. The first-order chi connectivity index (χ1) is 15.2. The first-order valence-electron chi connectivity index (χ1n) is 10.3. The number of carbonyl (C=O) groups is 1. The second-order valence-corrected chi connectivity index (χ2v) is 8.49. The fraction of sp³-hybridized carbons (Fsp3) is 0.429. The molecule has 2 aliphatic rings. The highest BCUT2D eigenvalue weighted by Crippen LogP contribution is 2.25. The van der Waals surface area contributed by atoms with Crippen molar-refractivity contribution in [3.63, 3.8) is 0 Å². The van der Waals surface area contributed by atoms with Crippen molar-refractivity contribution >= 4 is 27.5 Å². The average Bonchev–Trinajstić information content (AvgIpc) is 3.25. The van der Waals surface area contributed by atoms with E-state index in [1.54, 1.807) is 28.6 Å². The molecule has 5 heterocycles. The van der Waals surface area contributed by atoms with E-state index in [0.29, 0.717) is 47.0 Å². The maximum absolute atomic E-state index is 13.3. The van der Waals surface area contributed by atoms with Crippen molar-refractivity contribution in [2.75, 3.05) is 52.5 Å². The number of rotatable bonds is 4. The molecule has 0 radical (unpaired) electrons. The van der Waals surface area contributed by atoms with Gasteiger partial charge in [-0.15, -0.1) is 11.3 Å². The third-order valence-electron chi connectivity index (χ3n) is 5.56. The van der Waals surface area contributed by atoms with E-state index >= 15 is 0 Å². The van der Waals surface area contributed by atoms with E-state index in [-0.39, 0.29) is 17.6 Å². The number of fused-ring (bicyclic) bond motifs is 1. The van der Waals surface area contributed by atoms with Crippen molar-refractivity contribution < 1.29 is 14.3 Å². The van der Waals surface area contributed by atoms with Crippen LogP contribution in [-0.2, 0) is 9.47 Å². The zero-order valence-corrected chi connectivity index (χ0v) is 17.8. The van der Waals surface area contributed by atoms with E-state index in [1.807, 2.05) is 6.07 Å². The van der Waals surface area contributed by atoms with Gasteiger partial charge in [0.25, 0.3) is 11.5 Å². The number of hydrogen-bond donors (Lipinski definition) is 1. The molecule has 2 aliphatic heterocycles. The van der Waals surface area contributed by atoms with Crippen molar-refractivity contribution in [3.8, 4) is 11.5 Å². The molecule has 0 spiro atoms. The van der Waals surface area contributed by atoms with Crippen LogP contribution < -0.4 is 5.56 Å². The number of amides is 1. The van der Waals surface area contributed by atoms with Gasteiger partial charge in [-0.05, 0) is 12.1 Å². The number of aromatic amines is 1. The minimum atomic E-state index is -0.262. The number of carbonyl (C=O) groups excluding carboxylic acids is 1. The molecular weight excluding hydrogens is 418 g/mol. The third kappa shape index (κ3) is 4.24. The molecule has 2 fully saturated rings. The van der Waals surface area contributed by atoms with Crippen molar-refractivity contribution in [1.29, 1.82) is 0 Å². The smallest absolute Gasteiger partial charge is 0.269 e. The number of nitrogens with one attached hydrogen (secondary N) is 1. The van der Waals surface area contributed by atoms with Gasteiger partial charge in [-0.1, -0.05) is 6.07 Å². The molecule has 10 heteroatoms. The number of nitrogens with zero attached hydrogens (tertiary/aromatic N) is 4. The van der Waals surface area contributed by atoms with Crippen LogP contribution in [-0.4, -0.2) is 89.3 Å². The number of thiophene rings is 1. The van der Waals surface area contributed by atoms with Gasteiger partial charge < -0.3 is 19.4 Å². The molecule has 2 saturated heterocycles. The normalized spacial score (nSPS) is 20.3. The lowest BCUT2D eigenvalue weighted by molar-refractivity contribution is -0.0502. The fourth-order valence-electron chi connectivity index (χ4n) is 3.96. The number of pyridine rings is 1. The molecule has 1 atom stereocenters. The second kappa shape index (κ2) is 8.83. The monoisotopic (exact) mass is 441 g/mol. The Hall–Kier alpha value is -2.66. The maximum atomic E-state index is 13.3. The first kappa shape index (κ1) is 20.3. The first-order valence-corrected chi connectivity index (χ1v) is 11.2. The molecule has 1 unspecified atom stereocenters. The van der Waals surface area contributed by atoms with Gasteiger partial charge >= 0.3 is 0 Å². The summed E-state index contributed by atoms with van der Waals surface area (Å²) in [7, 11) is 0. The Morgan fingerprint density at radius 3 is 2.90 bits per heavy atom. The zero-order chi connectivity index (χ0) is 21.2. The number of ether oxygens (including phenoxy) is 2. The molecule has 1 N–H and O–H groups in total. The van der Waals surface area contributed by atoms with Gasteiger partial charge in [-0.3, -0.25) is 19.5 Å². The molecule has 0 bridgehead atoms. The fourth-order valence-corrected chi connectivity index (χ4v) is 4.83. The summed E-state index contributed by atoms with van der Waals surface area (Å²) >= 11 is 1.24. The Labute approximate surface area is 182 Å². The van der Waals surface area contributed by atoms with Crippen LogP contribution in [0.3, 0.4) is 0 Å². The Bertz CT molecular complexity index is 1130. The van der Waals surface area contributed by atoms with Crippen molar-refractivity contribution in [1.82, 2.24) is 24.8 Å². The summed E-state index contributed by atoms with van der Waals surface area (Å²) in [5.74, 6) is 0.240. The van der Waals surface area contributed by atoms with E-state index < -0.39 is 0 Å². The van der Waals surface area contributed by atoms with Crippen LogP contribution in [0.4, 0.5) is 0 Å². The van der Waals surface area contributed by atoms with Crippen molar-refractivity contribution in [3.05, 3.63) is 45.7 Å². The van der Waals surface area contributed by atoms with Crippen molar-refractivity contribution in [2.45, 2.75) is 6.10 Å². The van der Waals surface area contributed by atoms with Gasteiger partial charge in [0.2, 0.25) is 0 Å². The molecule has 0 aliphatic carbocycles. The summed E-state index contributed by atoms with van der Waals surface area (Å²) in [4.78, 5) is 41.7. The SMILES string of the molecule is O=C(c1csc2c(=O)[nH]c(-c3ccccn3)nc12)N1CCOC(CN2CCOCC2)C1. The Morgan fingerprint density at radius 1 is 1.23 bits per heavy atom. The summed E-state index contributed by atoms with van der Waals surface area (Å²) < 4.78 is 11.8. The number of morpholine rings is 2. The second-order valence-electron chi connectivity index (χ2n) is 7.61. The molecular formula is C21H23N5O4S. The van der Waals surface area contributed by atoms with E-state index in [4.69, 9.17) is 9.47 Å². The van der Waals surface area contributed by atoms with Gasteiger partial charge in [0.15, 0.2) is 5.82 Å². The van der Waals surface area contributed by atoms with Gasteiger partial charge in [0.05, 0.1) is 31.5 Å². The lowest BCUT2D eigenvalue weighted by Gasteiger charge is -2.36. The van der Waals surface area contributed by atoms with Crippen LogP contribution in [0.25, 0.3) is 21.7 Å². The number of H-pyrrole nitrogens is 1. The van der Waals surface area contributed by atoms with E-state index in [0.717, 1.165) is 32.8 Å². The topological polar surface area (TPSA) is 101 Å². The lowest BCUT2D eigenvalue weighted by atomic mass is 10.2. The zero-order valence-electron chi connectivity index (χ0n) is 17.0. The predicted molar refractivity (Wildman–Crippen MR) is 116 cm³/mol. The van der Waals surface area contributed by atoms with Crippen LogP contribution in [0.5, 0.6) is 0 Å². The van der Waals surface area contributed by atoms with Gasteiger partial charge in [-0.25, -0.2) is 4.98 Å². The highest BCUT2D eigenvalue weighted by Gasteiger charge is 2.29. The molecule has 9 nitrogen and oxygen atoms in total. The van der Waals surface area contributed by atoms with Gasteiger partial charge in [0, 0.05) is 44.3 Å². The van der Waals surface area contributed by atoms with Gasteiger partial charge in [0.1, 0.15) is 15.9 Å². The largest absolute Gasteiger partial charge is 0.379 e. The minimum Gasteiger partial charge on any atom is -0.379 e. The van der Waals surface area contributed by atoms with E-state index in [9.17, 15) is 9.59 Å². The standard InChI is InChI=1S/C21H23N5O4S/c27-20-18-17(23-19(24-20)16-3-1-2-4-22-16)15(13-31-18)21(28)26-7-10-30-14(12-26)11-25-5-8-29-9-6-25/h1-4,13-14H,5-12H2,(H,23,24,27). The Kier molecular flexibility index (Phi) is 5.77. The van der Waals surface area contributed by atoms with Crippen LogP contribution in [0.1, 0.15) is 10.4 Å². The molecule has 3 aromatic rings. The van der Waals surface area contributed by atoms with Crippen LogP contribution in [0.15, 0.2) is 34.6 Å². The van der Waals surface area contributed by atoms with Crippen molar-refractivity contribution in [2.24, 2.45) is 0 Å². The molecule has 5 rings (SSSR count). The summed E-state index contributed by atoms with van der Waals surface area (Å²) in [5.41, 5.74) is 1.18. The Balaban J connectivity index is 1.39. The van der Waals surface area contributed by atoms with Crippen LogP contribution >= 0.6 is 11.3 Å². The van der Waals surface area contributed by atoms with E-state index in [2.05, 4.69) is 19.9 Å². The lowest BCUT2D eigenvalue weighted by Crippen LogP contribution is -2.51. The maximum Gasteiger partial charge on any atom is 0.269 e. The summed E-state index contributed by atoms with van der Waals surface area (Å²) in [6, 6.07) is 5.40. The number of hydrogen-bond acceptors (Lipinski definition) is 8. The van der Waals surface area contributed by atoms with E-state index in [1.165, 1.54) is 11.3 Å². The summed E-state index contributed by atoms with van der Waals surface area (Å²) in [6.07, 6.45) is 1.60. The van der Waals surface area contributed by atoms with Gasteiger partial charge in [-0.2, -0.15) is 0 Å². The molecule has 0 saturated carbocycles. The minimum absolute atomic E-state index is 0.0406. The summed E-state index contributed by atoms with van der Waals surface area (Å²) in [6.45, 7) is 5.53. The molecule has 0 aromatic carbocycles. The summed E-state index contributed by atoms with van der Waals surface area (Å²) in [5, 5.41) is 1.73. The highest BCUT2D eigenvalue weighted by atomic mass is 32.1. The predicted octanol–water partition coefficient (Wildman–Crippen LogP) is 1.22. The van der Waals surface area contributed by atoms with Crippen LogP contribution in [0.2, 0.25) is 0 Å². The molecule has 1 amide bonds. The quantitative estimate of drug-likeness (QED) is 0.650. The third-order valence-corrected chi connectivity index (χ3v) is 6.52. The van der Waals surface area contributed by atoms with Crippen LogP contribution in [0, 0.1) is 0 Å².